The molecule has 11 aromatic rings. The van der Waals surface area contributed by atoms with Crippen molar-refractivity contribution in [3.05, 3.63) is 132 Å². The van der Waals surface area contributed by atoms with Crippen LogP contribution in [0.15, 0.2) is 121 Å². The standard InChI is InChI=1S/C43H26N2/c1-43(2)33-16-7-5-12-25(33)27-18-19-35-39(40(27)43)32-20-23-10-3-4-11-24(23)38-31-21-30-29-15-9-14-28-26-13-6-8-17-34(26)44(41(28)29)36(30)22-37(31)45(35)42(32)38/h3-22H,1-2H3. The number of nitrogens with zero attached hydrogens (tertiary/aromatic N) is 2. The molecule has 4 heterocycles. The summed E-state index contributed by atoms with van der Waals surface area (Å²) in [5, 5.41) is 13.4. The molecule has 0 atom stereocenters. The van der Waals surface area contributed by atoms with Gasteiger partial charge in [0.05, 0.1) is 33.1 Å². The lowest BCUT2D eigenvalue weighted by molar-refractivity contribution is 0.666. The number of rotatable bonds is 0. The van der Waals surface area contributed by atoms with E-state index in [9.17, 15) is 0 Å². The number of hydrogen-bond acceptors (Lipinski definition) is 0. The van der Waals surface area contributed by atoms with Gasteiger partial charge in [0.15, 0.2) is 0 Å². The van der Waals surface area contributed by atoms with Crippen molar-refractivity contribution in [3.63, 3.8) is 0 Å². The Bertz CT molecular complexity index is 3110. The molecule has 0 spiro atoms. The van der Waals surface area contributed by atoms with Crippen LogP contribution >= 0.6 is 0 Å². The molecule has 0 radical (unpaired) electrons. The SMILES string of the molecule is CC1(C)c2ccccc2-c2ccc3c(c21)c1cc2ccccc2c2c4cc5c6cccc7c8ccccc8n(c5cc4n3c12)c76. The van der Waals surface area contributed by atoms with Crippen molar-refractivity contribution in [2.75, 3.05) is 0 Å². The molecule has 0 saturated carbocycles. The van der Waals surface area contributed by atoms with E-state index in [1.165, 1.54) is 109 Å². The largest absolute Gasteiger partial charge is 0.308 e. The van der Waals surface area contributed by atoms with E-state index in [0.717, 1.165) is 0 Å². The summed E-state index contributed by atoms with van der Waals surface area (Å²) in [5.41, 5.74) is 13.4. The number of benzene rings is 7. The maximum atomic E-state index is 2.59. The van der Waals surface area contributed by atoms with Crippen LogP contribution in [0.25, 0.3) is 98.1 Å². The smallest absolute Gasteiger partial charge is 0.0627 e. The van der Waals surface area contributed by atoms with E-state index < -0.39 is 0 Å². The van der Waals surface area contributed by atoms with Gasteiger partial charge in [0, 0.05) is 48.5 Å². The van der Waals surface area contributed by atoms with E-state index in [4.69, 9.17) is 0 Å². The molecule has 1 aliphatic rings. The van der Waals surface area contributed by atoms with Crippen molar-refractivity contribution in [2.45, 2.75) is 19.3 Å². The van der Waals surface area contributed by atoms with Crippen LogP contribution in [0.1, 0.15) is 25.0 Å². The third-order valence-corrected chi connectivity index (χ3v) is 11.3. The number of para-hydroxylation sites is 2. The van der Waals surface area contributed by atoms with E-state index in [0.29, 0.717) is 0 Å². The zero-order valence-electron chi connectivity index (χ0n) is 24.9. The predicted molar refractivity (Wildman–Crippen MR) is 191 cm³/mol. The zero-order valence-corrected chi connectivity index (χ0v) is 24.9. The molecule has 0 aliphatic heterocycles. The highest BCUT2D eigenvalue weighted by Gasteiger charge is 2.38. The van der Waals surface area contributed by atoms with Gasteiger partial charge >= 0.3 is 0 Å². The molecule has 0 bridgehead atoms. The Hall–Kier alpha value is -5.60. The average Bonchev–Trinajstić information content (AvgIpc) is 3.83. The maximum Gasteiger partial charge on any atom is 0.0627 e. The zero-order chi connectivity index (χ0) is 29.3. The molecule has 45 heavy (non-hydrogen) atoms. The van der Waals surface area contributed by atoms with E-state index in [1.54, 1.807) is 0 Å². The lowest BCUT2D eigenvalue weighted by atomic mass is 9.80. The molecule has 0 N–H and O–H groups in total. The summed E-state index contributed by atoms with van der Waals surface area (Å²) in [6.07, 6.45) is 0. The highest BCUT2D eigenvalue weighted by atomic mass is 14.9. The van der Waals surface area contributed by atoms with Crippen LogP contribution in [0, 0.1) is 0 Å². The minimum absolute atomic E-state index is 0.0897. The Labute approximate surface area is 258 Å². The van der Waals surface area contributed by atoms with Gasteiger partial charge in [0.2, 0.25) is 0 Å². The summed E-state index contributed by atoms with van der Waals surface area (Å²) in [6.45, 7) is 4.82. The number of fused-ring (bicyclic) bond motifs is 18. The normalized spacial score (nSPS) is 14.6. The van der Waals surface area contributed by atoms with Crippen LogP contribution < -0.4 is 0 Å². The Morgan fingerprint density at radius 3 is 2.04 bits per heavy atom. The molecule has 0 amide bonds. The van der Waals surface area contributed by atoms with Gasteiger partial charge in [-0.1, -0.05) is 105 Å². The summed E-state index contributed by atoms with van der Waals surface area (Å²) in [7, 11) is 0. The first kappa shape index (κ1) is 22.9. The first-order chi connectivity index (χ1) is 22.1. The molecule has 2 heteroatoms. The van der Waals surface area contributed by atoms with Crippen molar-refractivity contribution >= 4 is 87.0 Å². The Morgan fingerprint density at radius 1 is 0.422 bits per heavy atom. The number of aromatic nitrogens is 2. The molecular weight excluding hydrogens is 544 g/mol. The van der Waals surface area contributed by atoms with Crippen molar-refractivity contribution in [1.82, 2.24) is 8.80 Å². The Balaban J connectivity index is 1.37. The molecule has 1 aliphatic carbocycles. The summed E-state index contributed by atoms with van der Waals surface area (Å²) in [6, 6.07) is 45.9. The van der Waals surface area contributed by atoms with E-state index in [-0.39, 0.29) is 5.41 Å². The first-order valence-electron chi connectivity index (χ1n) is 16.0. The quantitative estimate of drug-likeness (QED) is 0.171. The van der Waals surface area contributed by atoms with Gasteiger partial charge < -0.3 is 8.80 Å². The van der Waals surface area contributed by atoms with Gasteiger partial charge in [0.1, 0.15) is 0 Å². The molecule has 0 fully saturated rings. The third-order valence-electron chi connectivity index (χ3n) is 11.3. The van der Waals surface area contributed by atoms with Gasteiger partial charge in [-0.3, -0.25) is 0 Å². The lowest BCUT2D eigenvalue weighted by Crippen LogP contribution is -2.15. The second kappa shape index (κ2) is 7.20. The topological polar surface area (TPSA) is 8.82 Å². The van der Waals surface area contributed by atoms with Crippen LogP contribution in [0.2, 0.25) is 0 Å². The van der Waals surface area contributed by atoms with Gasteiger partial charge in [-0.2, -0.15) is 0 Å². The second-order valence-corrected chi connectivity index (χ2v) is 13.7. The molecule has 2 nitrogen and oxygen atoms in total. The Morgan fingerprint density at radius 2 is 1.13 bits per heavy atom. The van der Waals surface area contributed by atoms with Crippen LogP contribution in [0.3, 0.4) is 0 Å². The van der Waals surface area contributed by atoms with Crippen LogP contribution in [-0.4, -0.2) is 8.80 Å². The molecule has 208 valence electrons. The highest BCUT2D eigenvalue weighted by molar-refractivity contribution is 6.34. The summed E-state index contributed by atoms with van der Waals surface area (Å²) >= 11 is 0. The summed E-state index contributed by atoms with van der Waals surface area (Å²) in [5.74, 6) is 0. The summed E-state index contributed by atoms with van der Waals surface area (Å²) in [4.78, 5) is 0. The van der Waals surface area contributed by atoms with Gasteiger partial charge in [-0.25, -0.2) is 0 Å². The van der Waals surface area contributed by atoms with Gasteiger partial charge in [-0.15, -0.1) is 0 Å². The van der Waals surface area contributed by atoms with Gasteiger partial charge in [-0.05, 0) is 63.4 Å². The third kappa shape index (κ3) is 2.37. The van der Waals surface area contributed by atoms with Crippen molar-refractivity contribution in [2.24, 2.45) is 0 Å². The average molecular weight is 571 g/mol. The summed E-state index contributed by atoms with van der Waals surface area (Å²) < 4.78 is 5.10. The fraction of sp³-hybridized carbons (Fsp3) is 0.0698. The minimum Gasteiger partial charge on any atom is -0.308 e. The molecule has 0 saturated heterocycles. The monoisotopic (exact) mass is 570 g/mol. The fourth-order valence-electron chi connectivity index (χ4n) is 9.57. The van der Waals surface area contributed by atoms with E-state index in [2.05, 4.69) is 144 Å². The fourth-order valence-corrected chi connectivity index (χ4v) is 9.57. The second-order valence-electron chi connectivity index (χ2n) is 13.7. The molecular formula is C43H26N2. The molecule has 12 rings (SSSR count). The Kier molecular flexibility index (Phi) is 3.66. The molecule has 0 unspecified atom stereocenters. The maximum absolute atomic E-state index is 2.59. The van der Waals surface area contributed by atoms with Crippen molar-refractivity contribution < 1.29 is 0 Å². The van der Waals surface area contributed by atoms with Crippen molar-refractivity contribution in [3.8, 4) is 11.1 Å². The number of hydrogen-bond donors (Lipinski definition) is 0. The lowest BCUT2D eigenvalue weighted by Gasteiger charge is -2.22. The van der Waals surface area contributed by atoms with Crippen LogP contribution in [0.5, 0.6) is 0 Å². The van der Waals surface area contributed by atoms with E-state index in [1.807, 2.05) is 0 Å². The van der Waals surface area contributed by atoms with E-state index >= 15 is 0 Å². The van der Waals surface area contributed by atoms with Gasteiger partial charge in [0.25, 0.3) is 0 Å². The molecule has 7 aromatic carbocycles. The highest BCUT2D eigenvalue weighted by Crippen LogP contribution is 2.55. The van der Waals surface area contributed by atoms with Crippen LogP contribution in [-0.2, 0) is 5.41 Å². The molecule has 4 aromatic heterocycles. The van der Waals surface area contributed by atoms with Crippen LogP contribution in [0.4, 0.5) is 0 Å². The first-order valence-corrected chi connectivity index (χ1v) is 16.0. The minimum atomic E-state index is -0.0897. The van der Waals surface area contributed by atoms with Crippen molar-refractivity contribution in [1.29, 1.82) is 0 Å². The predicted octanol–water partition coefficient (Wildman–Crippen LogP) is 11.4.